The fourth-order valence-electron chi connectivity index (χ4n) is 4.23. The molecule has 1 fully saturated rings. The summed E-state index contributed by atoms with van der Waals surface area (Å²) in [6.45, 7) is 3.53. The van der Waals surface area contributed by atoms with E-state index in [0.29, 0.717) is 26.1 Å². The van der Waals surface area contributed by atoms with E-state index in [1.165, 1.54) is 0 Å². The zero-order chi connectivity index (χ0) is 17.6. The zero-order valence-corrected chi connectivity index (χ0v) is 15.9. The number of pyridine rings is 1. The molecule has 4 heterocycles. The van der Waals surface area contributed by atoms with Gasteiger partial charge in [-0.1, -0.05) is 13.0 Å². The third-order valence-corrected chi connectivity index (χ3v) is 8.11. The van der Waals surface area contributed by atoms with Crippen LogP contribution in [-0.2, 0) is 16.6 Å². The molecule has 5 nitrogen and oxygen atoms in total. The van der Waals surface area contributed by atoms with E-state index in [1.54, 1.807) is 21.7 Å². The maximum absolute atomic E-state index is 12.6. The number of sulfonamides is 1. The van der Waals surface area contributed by atoms with Crippen LogP contribution in [0.3, 0.4) is 0 Å². The number of hydrogen-bond acceptors (Lipinski definition) is 4. The fraction of sp³-hybridized carbons (Fsp3) is 0.500. The van der Waals surface area contributed by atoms with Crippen molar-refractivity contribution in [3.8, 4) is 10.4 Å². The Hall–Kier alpha value is -1.44. The van der Waals surface area contributed by atoms with Gasteiger partial charge in [0.15, 0.2) is 0 Å². The number of fused-ring (bicyclic) bond motifs is 4. The van der Waals surface area contributed by atoms with Crippen LogP contribution in [0.15, 0.2) is 34.4 Å². The van der Waals surface area contributed by atoms with E-state index in [9.17, 15) is 13.2 Å². The molecule has 0 N–H and O–H groups in total. The van der Waals surface area contributed by atoms with Crippen molar-refractivity contribution in [1.29, 1.82) is 0 Å². The van der Waals surface area contributed by atoms with Gasteiger partial charge in [0.25, 0.3) is 5.56 Å². The molecule has 0 radical (unpaired) electrons. The molecule has 0 spiro atoms. The molecular weight excluding hydrogens is 356 g/mol. The van der Waals surface area contributed by atoms with Crippen LogP contribution in [-0.4, -0.2) is 36.1 Å². The van der Waals surface area contributed by atoms with E-state index in [1.807, 2.05) is 29.0 Å². The van der Waals surface area contributed by atoms with Gasteiger partial charge in [-0.15, -0.1) is 11.3 Å². The Bertz CT molecular complexity index is 932. The molecule has 134 valence electrons. The predicted molar refractivity (Wildman–Crippen MR) is 101 cm³/mol. The van der Waals surface area contributed by atoms with Crippen LogP contribution in [0.2, 0.25) is 0 Å². The number of hydrogen-bond donors (Lipinski definition) is 0. The molecule has 0 amide bonds. The standard InChI is InChI=1S/C18H22N2O3S2/c1-2-8-25(22,23)19-10-13-9-14(12-19)18-15(16-4-3-7-24-16)5-6-17(21)20(18)11-13/h3-7,13-14H,2,8-12H2,1H3/t13-,14+/m0/s1. The van der Waals surface area contributed by atoms with Crippen molar-refractivity contribution in [3.63, 3.8) is 0 Å². The predicted octanol–water partition coefficient (Wildman–Crippen LogP) is 2.74. The minimum absolute atomic E-state index is 0.0230. The SMILES string of the molecule is CCCS(=O)(=O)N1C[C@@H]2C[C@H](C1)c1c(-c3cccs3)ccc(=O)n1C2. The van der Waals surface area contributed by atoms with Crippen LogP contribution >= 0.6 is 11.3 Å². The Morgan fingerprint density at radius 3 is 2.76 bits per heavy atom. The van der Waals surface area contributed by atoms with Crippen LogP contribution in [0.5, 0.6) is 0 Å². The van der Waals surface area contributed by atoms with Gasteiger partial charge in [-0.3, -0.25) is 4.79 Å². The fourth-order valence-corrected chi connectivity index (χ4v) is 6.60. The van der Waals surface area contributed by atoms with Gasteiger partial charge in [-0.25, -0.2) is 12.7 Å². The maximum atomic E-state index is 12.6. The average Bonchev–Trinajstić information content (AvgIpc) is 3.10. The summed E-state index contributed by atoms with van der Waals surface area (Å²) in [6, 6.07) is 7.61. The number of piperidine rings is 1. The first-order chi connectivity index (χ1) is 12.0. The molecule has 2 aromatic heterocycles. The Morgan fingerprint density at radius 2 is 2.04 bits per heavy atom. The zero-order valence-electron chi connectivity index (χ0n) is 14.2. The van der Waals surface area contributed by atoms with E-state index < -0.39 is 10.0 Å². The molecule has 0 saturated carbocycles. The summed E-state index contributed by atoms with van der Waals surface area (Å²) < 4.78 is 28.7. The molecule has 7 heteroatoms. The lowest BCUT2D eigenvalue weighted by atomic mass is 9.82. The topological polar surface area (TPSA) is 59.4 Å². The monoisotopic (exact) mass is 378 g/mol. The number of aromatic nitrogens is 1. The van der Waals surface area contributed by atoms with E-state index in [0.717, 1.165) is 22.6 Å². The van der Waals surface area contributed by atoms with Crippen molar-refractivity contribution in [3.05, 3.63) is 45.7 Å². The summed E-state index contributed by atoms with van der Waals surface area (Å²) in [5.41, 5.74) is 2.12. The second kappa shape index (κ2) is 6.37. The molecule has 2 aliphatic heterocycles. The lowest BCUT2D eigenvalue weighted by Crippen LogP contribution is -2.49. The third kappa shape index (κ3) is 2.98. The van der Waals surface area contributed by atoms with Crippen molar-refractivity contribution in [2.75, 3.05) is 18.8 Å². The maximum Gasteiger partial charge on any atom is 0.250 e. The van der Waals surface area contributed by atoms with Gasteiger partial charge in [0.1, 0.15) is 0 Å². The molecule has 4 rings (SSSR count). The van der Waals surface area contributed by atoms with Gasteiger partial charge in [0.2, 0.25) is 10.0 Å². The van der Waals surface area contributed by atoms with Crippen LogP contribution in [0.4, 0.5) is 0 Å². The second-order valence-electron chi connectivity index (χ2n) is 6.99. The van der Waals surface area contributed by atoms with Crippen molar-refractivity contribution < 1.29 is 8.42 Å². The molecule has 0 aromatic carbocycles. The third-order valence-electron chi connectivity index (χ3n) is 5.20. The highest BCUT2D eigenvalue weighted by Crippen LogP contribution is 2.41. The Kier molecular flexibility index (Phi) is 4.33. The van der Waals surface area contributed by atoms with Crippen molar-refractivity contribution >= 4 is 21.4 Å². The molecule has 1 saturated heterocycles. The summed E-state index contributed by atoms with van der Waals surface area (Å²) in [5.74, 6) is 0.505. The van der Waals surface area contributed by atoms with Gasteiger partial charge in [-0.2, -0.15) is 0 Å². The van der Waals surface area contributed by atoms with E-state index >= 15 is 0 Å². The number of rotatable bonds is 4. The van der Waals surface area contributed by atoms with E-state index in [4.69, 9.17) is 0 Å². The van der Waals surface area contributed by atoms with Gasteiger partial charge >= 0.3 is 0 Å². The molecule has 2 bridgehead atoms. The van der Waals surface area contributed by atoms with Gasteiger partial charge < -0.3 is 4.57 Å². The molecule has 0 aliphatic carbocycles. The van der Waals surface area contributed by atoms with Crippen molar-refractivity contribution in [2.24, 2.45) is 5.92 Å². The highest BCUT2D eigenvalue weighted by Gasteiger charge is 2.39. The summed E-state index contributed by atoms with van der Waals surface area (Å²) in [4.78, 5) is 13.6. The average molecular weight is 379 g/mol. The molecule has 2 atom stereocenters. The van der Waals surface area contributed by atoms with Crippen LogP contribution < -0.4 is 5.56 Å². The minimum atomic E-state index is -3.21. The lowest BCUT2D eigenvalue weighted by Gasteiger charge is -2.42. The van der Waals surface area contributed by atoms with Crippen molar-refractivity contribution in [1.82, 2.24) is 8.87 Å². The summed E-state index contributed by atoms with van der Waals surface area (Å²) in [5, 5.41) is 2.03. The van der Waals surface area contributed by atoms with Gasteiger partial charge in [-0.05, 0) is 36.3 Å². The molecule has 0 unspecified atom stereocenters. The second-order valence-corrected chi connectivity index (χ2v) is 10.0. The summed E-state index contributed by atoms with van der Waals surface area (Å²) in [7, 11) is -3.21. The van der Waals surface area contributed by atoms with Crippen LogP contribution in [0, 0.1) is 5.92 Å². The largest absolute Gasteiger partial charge is 0.311 e. The van der Waals surface area contributed by atoms with Crippen LogP contribution in [0.25, 0.3) is 10.4 Å². The van der Waals surface area contributed by atoms with Crippen molar-refractivity contribution in [2.45, 2.75) is 32.2 Å². The highest BCUT2D eigenvalue weighted by atomic mass is 32.2. The molecule has 2 aliphatic rings. The minimum Gasteiger partial charge on any atom is -0.311 e. The van der Waals surface area contributed by atoms with Gasteiger partial charge in [0.05, 0.1) is 5.75 Å². The smallest absolute Gasteiger partial charge is 0.250 e. The Balaban J connectivity index is 1.79. The van der Waals surface area contributed by atoms with E-state index in [-0.39, 0.29) is 23.1 Å². The Morgan fingerprint density at radius 1 is 1.20 bits per heavy atom. The highest BCUT2D eigenvalue weighted by molar-refractivity contribution is 7.89. The number of thiophene rings is 1. The lowest BCUT2D eigenvalue weighted by molar-refractivity contribution is 0.187. The van der Waals surface area contributed by atoms with Crippen LogP contribution in [0.1, 0.15) is 31.4 Å². The molecule has 25 heavy (non-hydrogen) atoms. The summed E-state index contributed by atoms with van der Waals surface area (Å²) in [6.07, 6.45) is 1.59. The Labute approximate surface area is 152 Å². The quantitative estimate of drug-likeness (QED) is 0.822. The first-order valence-electron chi connectivity index (χ1n) is 8.75. The first-order valence-corrected chi connectivity index (χ1v) is 11.2. The van der Waals surface area contributed by atoms with E-state index in [2.05, 4.69) is 6.07 Å². The van der Waals surface area contributed by atoms with Gasteiger partial charge in [0, 0.05) is 47.8 Å². The number of nitrogens with zero attached hydrogens (tertiary/aromatic N) is 2. The normalized spacial score (nSPS) is 23.4. The molecule has 2 aromatic rings. The molecular formula is C18H22N2O3S2. The first kappa shape index (κ1) is 17.0. The summed E-state index contributed by atoms with van der Waals surface area (Å²) >= 11 is 1.65.